The summed E-state index contributed by atoms with van der Waals surface area (Å²) in [6.07, 6.45) is 4.16. The number of amides is 4. The van der Waals surface area contributed by atoms with Gasteiger partial charge in [-0.15, -0.1) is 0 Å². The first kappa shape index (κ1) is 18.4. The van der Waals surface area contributed by atoms with Gasteiger partial charge in [0.05, 0.1) is 6.54 Å². The summed E-state index contributed by atoms with van der Waals surface area (Å²) in [4.78, 5) is 39.0. The molecule has 0 bridgehead atoms. The van der Waals surface area contributed by atoms with Gasteiger partial charge in [-0.1, -0.05) is 43.5 Å². The van der Waals surface area contributed by atoms with E-state index in [9.17, 15) is 14.4 Å². The van der Waals surface area contributed by atoms with Crippen LogP contribution in [0.25, 0.3) is 0 Å². The van der Waals surface area contributed by atoms with E-state index in [-0.39, 0.29) is 18.4 Å². The standard InChI is InChI=1S/C19H26N4O3/c1-14-8-4-5-9-15(14)12-22(2)13-16(24)21-23-17(25)19(20-18(23)26)10-6-3-7-11-19/h4-5,8-9H,3,6-7,10-13H2,1-2H3,(H,20,26)(H,21,24). The van der Waals surface area contributed by atoms with Crippen molar-refractivity contribution in [2.24, 2.45) is 0 Å². The van der Waals surface area contributed by atoms with E-state index in [1.807, 2.05) is 43.1 Å². The third-order valence-electron chi connectivity index (χ3n) is 5.22. The number of likely N-dealkylation sites (N-methyl/N-ethyl adjacent to an activating group) is 1. The fourth-order valence-corrected chi connectivity index (χ4v) is 3.76. The summed E-state index contributed by atoms with van der Waals surface area (Å²) in [5.41, 5.74) is 3.95. The number of hydrogen-bond donors (Lipinski definition) is 2. The first-order valence-corrected chi connectivity index (χ1v) is 9.10. The Morgan fingerprint density at radius 1 is 1.23 bits per heavy atom. The molecular weight excluding hydrogens is 332 g/mol. The maximum atomic E-state index is 12.7. The summed E-state index contributed by atoms with van der Waals surface area (Å²) in [5.74, 6) is -0.713. The molecule has 26 heavy (non-hydrogen) atoms. The first-order chi connectivity index (χ1) is 12.4. The van der Waals surface area contributed by atoms with Crippen molar-refractivity contribution in [1.29, 1.82) is 0 Å². The molecule has 1 aromatic rings. The van der Waals surface area contributed by atoms with Gasteiger partial charge in [0, 0.05) is 6.54 Å². The third-order valence-corrected chi connectivity index (χ3v) is 5.22. The number of imide groups is 1. The molecule has 2 N–H and O–H groups in total. The number of urea groups is 1. The number of nitrogens with zero attached hydrogens (tertiary/aromatic N) is 2. The minimum absolute atomic E-state index is 0.0956. The van der Waals surface area contributed by atoms with Crippen molar-refractivity contribution >= 4 is 17.8 Å². The average molecular weight is 358 g/mol. The van der Waals surface area contributed by atoms with Crippen molar-refractivity contribution in [2.45, 2.75) is 51.1 Å². The average Bonchev–Trinajstić information content (AvgIpc) is 2.81. The molecule has 4 amide bonds. The quantitative estimate of drug-likeness (QED) is 0.785. The van der Waals surface area contributed by atoms with Crippen molar-refractivity contribution in [3.05, 3.63) is 35.4 Å². The smallest absolute Gasteiger partial charge is 0.322 e. The molecule has 3 rings (SSSR count). The van der Waals surface area contributed by atoms with Gasteiger partial charge in [0.1, 0.15) is 5.54 Å². The zero-order valence-corrected chi connectivity index (χ0v) is 15.4. The summed E-state index contributed by atoms with van der Waals surface area (Å²) in [7, 11) is 1.83. The summed E-state index contributed by atoms with van der Waals surface area (Å²) >= 11 is 0. The van der Waals surface area contributed by atoms with Crippen LogP contribution >= 0.6 is 0 Å². The van der Waals surface area contributed by atoms with Gasteiger partial charge in [-0.2, -0.15) is 5.01 Å². The molecule has 1 aliphatic heterocycles. The molecule has 1 aromatic carbocycles. The lowest BCUT2D eigenvalue weighted by molar-refractivity contribution is -0.140. The fourth-order valence-electron chi connectivity index (χ4n) is 3.76. The van der Waals surface area contributed by atoms with Crippen molar-refractivity contribution < 1.29 is 14.4 Å². The minimum atomic E-state index is -0.824. The maximum Gasteiger partial charge on any atom is 0.344 e. The number of carbonyl (C=O) groups excluding carboxylic acids is 3. The lowest BCUT2D eigenvalue weighted by atomic mass is 9.82. The van der Waals surface area contributed by atoms with Gasteiger partial charge in [-0.05, 0) is 37.9 Å². The van der Waals surface area contributed by atoms with E-state index in [1.165, 1.54) is 0 Å². The van der Waals surface area contributed by atoms with Crippen LogP contribution in [0, 0.1) is 6.92 Å². The number of carbonyl (C=O) groups is 3. The van der Waals surface area contributed by atoms with E-state index in [4.69, 9.17) is 0 Å². The van der Waals surface area contributed by atoms with Gasteiger partial charge in [-0.3, -0.25) is 19.9 Å². The monoisotopic (exact) mass is 358 g/mol. The number of rotatable bonds is 5. The predicted octanol–water partition coefficient (Wildman–Crippen LogP) is 1.71. The van der Waals surface area contributed by atoms with E-state index in [1.54, 1.807) is 0 Å². The van der Waals surface area contributed by atoms with Gasteiger partial charge in [0.25, 0.3) is 11.8 Å². The van der Waals surface area contributed by atoms with E-state index in [0.717, 1.165) is 35.4 Å². The van der Waals surface area contributed by atoms with Crippen molar-refractivity contribution in [1.82, 2.24) is 20.7 Å². The molecule has 1 saturated heterocycles. The fraction of sp³-hybridized carbons (Fsp3) is 0.526. The Labute approximate surface area is 153 Å². The molecule has 0 atom stereocenters. The number of hydrazine groups is 1. The van der Waals surface area contributed by atoms with E-state index in [0.29, 0.717) is 19.4 Å². The highest BCUT2D eigenvalue weighted by molar-refractivity contribution is 6.08. The lowest BCUT2D eigenvalue weighted by Crippen LogP contribution is -2.52. The maximum absolute atomic E-state index is 12.7. The van der Waals surface area contributed by atoms with Crippen LogP contribution in [-0.4, -0.2) is 46.9 Å². The molecule has 140 valence electrons. The zero-order chi connectivity index (χ0) is 18.7. The van der Waals surface area contributed by atoms with Gasteiger partial charge < -0.3 is 5.32 Å². The molecule has 7 nitrogen and oxygen atoms in total. The second-order valence-electron chi connectivity index (χ2n) is 7.35. The second kappa shape index (κ2) is 7.45. The number of nitrogens with one attached hydrogen (secondary N) is 2. The summed E-state index contributed by atoms with van der Waals surface area (Å²) in [6, 6.07) is 7.46. The van der Waals surface area contributed by atoms with E-state index < -0.39 is 11.6 Å². The van der Waals surface area contributed by atoms with Crippen LogP contribution in [0.15, 0.2) is 24.3 Å². The SMILES string of the molecule is Cc1ccccc1CN(C)CC(=O)NN1C(=O)NC2(CCCCC2)C1=O. The molecule has 1 saturated carbocycles. The highest BCUT2D eigenvalue weighted by Gasteiger charge is 2.52. The largest absolute Gasteiger partial charge is 0.344 e. The normalized spacial score (nSPS) is 19.1. The molecule has 0 radical (unpaired) electrons. The number of benzene rings is 1. The second-order valence-corrected chi connectivity index (χ2v) is 7.35. The van der Waals surface area contributed by atoms with Crippen LogP contribution in [0.1, 0.15) is 43.2 Å². The molecule has 2 aliphatic rings. The Morgan fingerprint density at radius 3 is 2.62 bits per heavy atom. The number of aryl methyl sites for hydroxylation is 1. The zero-order valence-electron chi connectivity index (χ0n) is 15.4. The van der Waals surface area contributed by atoms with Crippen LogP contribution in [0.5, 0.6) is 0 Å². The summed E-state index contributed by atoms with van der Waals surface area (Å²) in [6.45, 7) is 2.74. The molecule has 2 fully saturated rings. The Hall–Kier alpha value is -2.41. The molecule has 0 aromatic heterocycles. The van der Waals surface area contributed by atoms with Gasteiger partial charge in [-0.25, -0.2) is 4.79 Å². The van der Waals surface area contributed by atoms with Crippen LogP contribution in [0.4, 0.5) is 4.79 Å². The highest BCUT2D eigenvalue weighted by atomic mass is 16.2. The van der Waals surface area contributed by atoms with Gasteiger partial charge in [0.2, 0.25) is 0 Å². The Bertz CT molecular complexity index is 712. The Morgan fingerprint density at radius 2 is 1.92 bits per heavy atom. The summed E-state index contributed by atoms with van der Waals surface area (Å²) in [5, 5.41) is 3.64. The molecule has 1 spiro atoms. The van der Waals surface area contributed by atoms with E-state index >= 15 is 0 Å². The predicted molar refractivity (Wildman–Crippen MR) is 96.8 cm³/mol. The minimum Gasteiger partial charge on any atom is -0.322 e. The van der Waals surface area contributed by atoms with Crippen molar-refractivity contribution in [3.63, 3.8) is 0 Å². The van der Waals surface area contributed by atoms with Crippen molar-refractivity contribution in [3.8, 4) is 0 Å². The molecule has 1 heterocycles. The molecule has 7 heteroatoms. The third kappa shape index (κ3) is 3.72. The molecular formula is C19H26N4O3. The lowest BCUT2D eigenvalue weighted by Gasteiger charge is -2.30. The Kier molecular flexibility index (Phi) is 5.27. The first-order valence-electron chi connectivity index (χ1n) is 9.10. The molecule has 0 unspecified atom stereocenters. The van der Waals surface area contributed by atoms with E-state index in [2.05, 4.69) is 10.7 Å². The number of hydrogen-bond acceptors (Lipinski definition) is 4. The Balaban J connectivity index is 1.57. The van der Waals surface area contributed by atoms with Crippen LogP contribution in [-0.2, 0) is 16.1 Å². The topological polar surface area (TPSA) is 81.8 Å². The van der Waals surface area contributed by atoms with Gasteiger partial charge in [0.15, 0.2) is 0 Å². The van der Waals surface area contributed by atoms with Crippen LogP contribution in [0.3, 0.4) is 0 Å². The molecule has 1 aliphatic carbocycles. The summed E-state index contributed by atoms with van der Waals surface area (Å²) < 4.78 is 0. The van der Waals surface area contributed by atoms with Gasteiger partial charge >= 0.3 is 6.03 Å². The van der Waals surface area contributed by atoms with Crippen molar-refractivity contribution in [2.75, 3.05) is 13.6 Å². The van der Waals surface area contributed by atoms with Crippen LogP contribution < -0.4 is 10.7 Å². The van der Waals surface area contributed by atoms with Crippen LogP contribution in [0.2, 0.25) is 0 Å². The highest BCUT2D eigenvalue weighted by Crippen LogP contribution is 2.32.